The summed E-state index contributed by atoms with van der Waals surface area (Å²) < 4.78 is 0. The van der Waals surface area contributed by atoms with E-state index >= 15 is 0 Å². The van der Waals surface area contributed by atoms with Crippen LogP contribution in [0.25, 0.3) is 0 Å². The van der Waals surface area contributed by atoms with Crippen LogP contribution in [0.15, 0.2) is 18.2 Å². The maximum Gasteiger partial charge on any atom is 0.407 e. The highest BCUT2D eigenvalue weighted by Crippen LogP contribution is 2.61. The smallest absolute Gasteiger partial charge is 0.407 e. The summed E-state index contributed by atoms with van der Waals surface area (Å²) in [6, 6.07) is 6.16. The molecule has 2 fully saturated rings. The van der Waals surface area contributed by atoms with Crippen molar-refractivity contribution in [3.8, 4) is 0 Å². The van der Waals surface area contributed by atoms with Gasteiger partial charge in [-0.2, -0.15) is 0 Å². The van der Waals surface area contributed by atoms with Crippen LogP contribution in [0.2, 0.25) is 0 Å². The highest BCUT2D eigenvalue weighted by Gasteiger charge is 2.54. The third-order valence-corrected chi connectivity index (χ3v) is 6.98. The average molecular weight is 402 g/mol. The normalized spacial score (nSPS) is 19.9. The predicted octanol–water partition coefficient (Wildman–Crippen LogP) is 3.95. The molecule has 29 heavy (non-hydrogen) atoms. The van der Waals surface area contributed by atoms with E-state index in [1.165, 1.54) is 12.8 Å². The molecule has 1 aromatic rings. The lowest BCUT2D eigenvalue weighted by Gasteiger charge is -2.31. The number of benzene rings is 1. The quantitative estimate of drug-likeness (QED) is 0.751. The number of hydrogen-bond donors (Lipinski definition) is 1. The van der Waals surface area contributed by atoms with Crippen LogP contribution < -0.4 is 4.90 Å². The fraction of sp³-hybridized carbons (Fsp3) is 0.652. The predicted molar refractivity (Wildman–Crippen MR) is 116 cm³/mol. The van der Waals surface area contributed by atoms with E-state index in [0.29, 0.717) is 18.5 Å². The third-order valence-electron chi connectivity index (χ3n) is 6.98. The molecule has 0 bridgehead atoms. The maximum absolute atomic E-state index is 12.3. The molecule has 1 saturated carbocycles. The van der Waals surface area contributed by atoms with Crippen LogP contribution in [-0.4, -0.2) is 67.7 Å². The van der Waals surface area contributed by atoms with Gasteiger partial charge in [-0.05, 0) is 73.6 Å². The molecule has 1 aromatic carbocycles. The topological polar surface area (TPSA) is 64.1 Å². The highest BCUT2D eigenvalue weighted by atomic mass is 16.4. The van der Waals surface area contributed by atoms with Gasteiger partial charge in [0.15, 0.2) is 0 Å². The van der Waals surface area contributed by atoms with Gasteiger partial charge in [0.2, 0.25) is 0 Å². The Balaban J connectivity index is 1.49. The molecular weight excluding hydrogens is 366 g/mol. The number of amides is 2. The molecule has 1 saturated heterocycles. The SMILES string of the molecule is CCc1cc(N(C)CCCC2CC23CCN(C(=O)O)CC3)ccc1C(=O)N(C)C. The monoisotopic (exact) mass is 401 g/mol. The molecule has 1 unspecified atom stereocenters. The molecule has 0 aromatic heterocycles. The second kappa shape index (κ2) is 8.64. The molecule has 2 amide bonds. The van der Waals surface area contributed by atoms with Gasteiger partial charge in [0.25, 0.3) is 5.91 Å². The zero-order valence-electron chi connectivity index (χ0n) is 18.3. The third kappa shape index (κ3) is 4.68. The summed E-state index contributed by atoms with van der Waals surface area (Å²) in [6.07, 6.45) is 5.76. The van der Waals surface area contributed by atoms with Crippen LogP contribution in [0.5, 0.6) is 0 Å². The Kier molecular flexibility index (Phi) is 6.39. The number of rotatable bonds is 7. The second-order valence-corrected chi connectivity index (χ2v) is 8.99. The molecule has 0 radical (unpaired) electrons. The lowest BCUT2D eigenvalue weighted by atomic mass is 9.90. The van der Waals surface area contributed by atoms with Crippen LogP contribution in [0.4, 0.5) is 10.5 Å². The number of piperidine rings is 1. The molecule has 1 heterocycles. The Bertz CT molecular complexity index is 754. The molecule has 1 aliphatic heterocycles. The van der Waals surface area contributed by atoms with Crippen molar-refractivity contribution in [2.45, 2.75) is 45.4 Å². The van der Waals surface area contributed by atoms with Crippen molar-refractivity contribution in [1.29, 1.82) is 0 Å². The largest absolute Gasteiger partial charge is 0.465 e. The zero-order chi connectivity index (χ0) is 21.2. The first-order valence-electron chi connectivity index (χ1n) is 10.8. The van der Waals surface area contributed by atoms with E-state index < -0.39 is 6.09 Å². The number of hydrogen-bond acceptors (Lipinski definition) is 3. The Morgan fingerprint density at radius 3 is 2.48 bits per heavy atom. The number of carboxylic acid groups (broad SMARTS) is 1. The Morgan fingerprint density at radius 2 is 1.90 bits per heavy atom. The van der Waals surface area contributed by atoms with Gasteiger partial charge in [0, 0.05) is 52.0 Å². The summed E-state index contributed by atoms with van der Waals surface area (Å²) in [6.45, 7) is 4.48. The summed E-state index contributed by atoms with van der Waals surface area (Å²) in [5.74, 6) is 0.821. The number of anilines is 1. The first-order valence-corrected chi connectivity index (χ1v) is 10.8. The van der Waals surface area contributed by atoms with Crippen molar-refractivity contribution in [1.82, 2.24) is 9.80 Å². The summed E-state index contributed by atoms with van der Waals surface area (Å²) in [4.78, 5) is 28.9. The van der Waals surface area contributed by atoms with Gasteiger partial charge in [-0.25, -0.2) is 4.79 Å². The zero-order valence-corrected chi connectivity index (χ0v) is 18.3. The molecule has 6 heteroatoms. The minimum absolute atomic E-state index is 0.0593. The van der Waals surface area contributed by atoms with Crippen molar-refractivity contribution < 1.29 is 14.7 Å². The summed E-state index contributed by atoms with van der Waals surface area (Å²) >= 11 is 0. The van der Waals surface area contributed by atoms with E-state index in [2.05, 4.69) is 31.0 Å². The van der Waals surface area contributed by atoms with Crippen molar-refractivity contribution in [2.75, 3.05) is 45.7 Å². The van der Waals surface area contributed by atoms with E-state index in [1.54, 1.807) is 23.9 Å². The molecule has 1 aliphatic carbocycles. The van der Waals surface area contributed by atoms with Crippen LogP contribution in [-0.2, 0) is 6.42 Å². The number of aryl methyl sites for hydroxylation is 1. The molecule has 1 spiro atoms. The molecular formula is C23H35N3O3. The Morgan fingerprint density at radius 1 is 1.21 bits per heavy atom. The van der Waals surface area contributed by atoms with E-state index in [1.807, 2.05) is 6.07 Å². The van der Waals surface area contributed by atoms with Crippen molar-refractivity contribution in [2.24, 2.45) is 11.3 Å². The van der Waals surface area contributed by atoms with Crippen LogP contribution >= 0.6 is 0 Å². The fourth-order valence-electron chi connectivity index (χ4n) is 4.86. The van der Waals surface area contributed by atoms with Crippen molar-refractivity contribution >= 4 is 17.7 Å². The molecule has 2 aliphatic rings. The van der Waals surface area contributed by atoms with Crippen molar-refractivity contribution in [3.05, 3.63) is 29.3 Å². The maximum atomic E-state index is 12.3. The summed E-state index contributed by atoms with van der Waals surface area (Å²) in [7, 11) is 5.70. The molecule has 1 atom stereocenters. The van der Waals surface area contributed by atoms with Crippen LogP contribution in [0, 0.1) is 11.3 Å². The van der Waals surface area contributed by atoms with Gasteiger partial charge in [-0.3, -0.25) is 4.79 Å². The number of carbonyl (C=O) groups excluding carboxylic acids is 1. The fourth-order valence-corrected chi connectivity index (χ4v) is 4.86. The van der Waals surface area contributed by atoms with E-state index in [-0.39, 0.29) is 5.91 Å². The molecule has 160 valence electrons. The summed E-state index contributed by atoms with van der Waals surface area (Å²) in [5, 5.41) is 9.12. The second-order valence-electron chi connectivity index (χ2n) is 8.99. The number of likely N-dealkylation sites (tertiary alicyclic amines) is 1. The molecule has 1 N–H and O–H groups in total. The van der Waals surface area contributed by atoms with Gasteiger partial charge in [0.05, 0.1) is 0 Å². The highest BCUT2D eigenvalue weighted by molar-refractivity contribution is 5.95. The molecule has 6 nitrogen and oxygen atoms in total. The van der Waals surface area contributed by atoms with Gasteiger partial charge in [-0.1, -0.05) is 6.92 Å². The number of nitrogens with zero attached hydrogens (tertiary/aromatic N) is 3. The summed E-state index contributed by atoms with van der Waals surface area (Å²) in [5.41, 5.74) is 3.48. The lowest BCUT2D eigenvalue weighted by Crippen LogP contribution is -2.38. The minimum atomic E-state index is -0.775. The van der Waals surface area contributed by atoms with Gasteiger partial charge in [-0.15, -0.1) is 0 Å². The molecule has 3 rings (SSSR count). The number of carbonyl (C=O) groups is 2. The van der Waals surface area contributed by atoms with Crippen LogP contribution in [0.1, 0.15) is 54.9 Å². The Hall–Kier alpha value is -2.24. The van der Waals surface area contributed by atoms with E-state index in [4.69, 9.17) is 5.11 Å². The minimum Gasteiger partial charge on any atom is -0.465 e. The van der Waals surface area contributed by atoms with Gasteiger partial charge in [0.1, 0.15) is 0 Å². The van der Waals surface area contributed by atoms with E-state index in [0.717, 1.165) is 55.0 Å². The first kappa shape index (κ1) is 21.5. The standard InChI is InChI=1S/C23H35N3O3/c1-5-17-15-19(8-9-20(17)21(27)24(2)3)25(4)12-6-7-18-16-23(18)10-13-26(14-11-23)22(28)29/h8-9,15,18H,5-7,10-14,16H2,1-4H3,(H,28,29). The van der Waals surface area contributed by atoms with Crippen molar-refractivity contribution in [3.63, 3.8) is 0 Å². The van der Waals surface area contributed by atoms with Gasteiger partial charge < -0.3 is 19.8 Å². The van der Waals surface area contributed by atoms with E-state index in [9.17, 15) is 9.59 Å². The Labute approximate surface area is 174 Å². The first-order chi connectivity index (χ1) is 13.8. The van der Waals surface area contributed by atoms with Crippen LogP contribution in [0.3, 0.4) is 0 Å². The lowest BCUT2D eigenvalue weighted by molar-refractivity contribution is 0.0826. The van der Waals surface area contributed by atoms with Gasteiger partial charge >= 0.3 is 6.09 Å². The average Bonchev–Trinajstić information content (AvgIpc) is 3.38.